The van der Waals surface area contributed by atoms with Crippen LogP contribution in [-0.4, -0.2) is 25.0 Å². The molecular weight excluding hydrogens is 383 g/mol. The van der Waals surface area contributed by atoms with Gasteiger partial charge < -0.3 is 5.11 Å². The first kappa shape index (κ1) is 20.9. The van der Waals surface area contributed by atoms with Gasteiger partial charge in [-0.05, 0) is 62.2 Å². The van der Waals surface area contributed by atoms with E-state index in [0.717, 1.165) is 12.1 Å². The molecule has 0 aliphatic heterocycles. The molecule has 0 heterocycles. The third kappa shape index (κ3) is 5.30. The minimum atomic E-state index is -4.74. The van der Waals surface area contributed by atoms with Gasteiger partial charge in [-0.1, -0.05) is 12.1 Å². The molecule has 0 aromatic heterocycles. The van der Waals surface area contributed by atoms with E-state index in [1.54, 1.807) is 20.8 Å². The van der Waals surface area contributed by atoms with Crippen LogP contribution in [0.4, 0.5) is 13.2 Å². The molecule has 27 heavy (non-hydrogen) atoms. The Bertz CT molecular complexity index is 977. The number of carboxylic acids is 1. The van der Waals surface area contributed by atoms with E-state index in [1.807, 2.05) is 0 Å². The fourth-order valence-electron chi connectivity index (χ4n) is 2.39. The molecule has 2 aromatic rings. The summed E-state index contributed by atoms with van der Waals surface area (Å²) < 4.78 is 66.6. The zero-order chi connectivity index (χ0) is 20.6. The summed E-state index contributed by atoms with van der Waals surface area (Å²) in [5.74, 6) is -1.51. The summed E-state index contributed by atoms with van der Waals surface area (Å²) in [6.45, 7) is 4.96. The molecule has 0 bridgehead atoms. The molecule has 2 rings (SSSR count). The van der Waals surface area contributed by atoms with Crippen molar-refractivity contribution in [3.63, 3.8) is 0 Å². The van der Waals surface area contributed by atoms with Gasteiger partial charge in [-0.2, -0.15) is 13.2 Å². The number of sulfonamides is 1. The van der Waals surface area contributed by atoms with Crippen LogP contribution >= 0.6 is 0 Å². The van der Waals surface area contributed by atoms with Crippen LogP contribution in [0.1, 0.15) is 36.7 Å². The Balaban J connectivity index is 2.60. The number of alkyl halides is 3. The van der Waals surface area contributed by atoms with Crippen LogP contribution in [0.3, 0.4) is 0 Å². The first-order valence-corrected chi connectivity index (χ1v) is 9.27. The number of halogens is 3. The monoisotopic (exact) mass is 401 g/mol. The number of nitrogens with one attached hydrogen (secondary N) is 1. The minimum Gasteiger partial charge on any atom is -0.478 e. The molecule has 0 fully saturated rings. The van der Waals surface area contributed by atoms with Gasteiger partial charge in [0.2, 0.25) is 10.0 Å². The van der Waals surface area contributed by atoms with Crippen LogP contribution in [0.5, 0.6) is 0 Å². The van der Waals surface area contributed by atoms with Crippen molar-refractivity contribution >= 4 is 16.0 Å². The Morgan fingerprint density at radius 1 is 1.00 bits per heavy atom. The van der Waals surface area contributed by atoms with Gasteiger partial charge in [0, 0.05) is 5.54 Å². The van der Waals surface area contributed by atoms with Gasteiger partial charge in [0.15, 0.2) is 0 Å². The second kappa shape index (κ2) is 6.97. The zero-order valence-electron chi connectivity index (χ0n) is 14.8. The quantitative estimate of drug-likeness (QED) is 0.806. The molecule has 9 heteroatoms. The largest absolute Gasteiger partial charge is 0.478 e. The normalized spacial score (nSPS) is 12.8. The highest BCUT2D eigenvalue weighted by Gasteiger charge is 2.32. The molecule has 0 unspecified atom stereocenters. The van der Waals surface area contributed by atoms with E-state index in [1.165, 1.54) is 24.3 Å². The summed E-state index contributed by atoms with van der Waals surface area (Å²) in [6.07, 6.45) is -4.74. The maximum absolute atomic E-state index is 13.1. The number of benzene rings is 2. The predicted molar refractivity (Wildman–Crippen MR) is 93.9 cm³/mol. The molecule has 0 saturated carbocycles. The molecule has 0 aliphatic carbocycles. The second-order valence-electron chi connectivity index (χ2n) is 6.99. The van der Waals surface area contributed by atoms with E-state index in [-0.39, 0.29) is 16.0 Å². The highest BCUT2D eigenvalue weighted by atomic mass is 32.2. The van der Waals surface area contributed by atoms with E-state index in [2.05, 4.69) is 4.72 Å². The zero-order valence-corrected chi connectivity index (χ0v) is 15.6. The summed E-state index contributed by atoms with van der Waals surface area (Å²) in [6, 6.07) is 7.70. The van der Waals surface area contributed by atoms with E-state index >= 15 is 0 Å². The van der Waals surface area contributed by atoms with Crippen molar-refractivity contribution in [3.05, 3.63) is 53.6 Å². The van der Waals surface area contributed by atoms with E-state index < -0.39 is 38.8 Å². The molecule has 0 spiro atoms. The lowest BCUT2D eigenvalue weighted by Gasteiger charge is -2.20. The average molecular weight is 401 g/mol. The van der Waals surface area contributed by atoms with Crippen LogP contribution in [0.2, 0.25) is 0 Å². The average Bonchev–Trinajstić information content (AvgIpc) is 2.51. The Morgan fingerprint density at radius 2 is 1.63 bits per heavy atom. The van der Waals surface area contributed by atoms with Crippen molar-refractivity contribution in [1.29, 1.82) is 0 Å². The fraction of sp³-hybridized carbons (Fsp3) is 0.278. The summed E-state index contributed by atoms with van der Waals surface area (Å²) >= 11 is 0. The van der Waals surface area contributed by atoms with Crippen LogP contribution < -0.4 is 4.72 Å². The molecule has 0 radical (unpaired) electrons. The third-order valence-electron chi connectivity index (χ3n) is 3.43. The fourth-order valence-corrected chi connectivity index (χ4v) is 3.85. The maximum Gasteiger partial charge on any atom is 0.416 e. The Hall–Kier alpha value is -2.39. The molecular formula is C18H18F3NO4S. The van der Waals surface area contributed by atoms with Gasteiger partial charge in [0.1, 0.15) is 0 Å². The maximum atomic E-state index is 13.1. The number of carboxylic acid groups (broad SMARTS) is 1. The lowest BCUT2D eigenvalue weighted by molar-refractivity contribution is -0.137. The third-order valence-corrected chi connectivity index (χ3v) is 5.18. The van der Waals surface area contributed by atoms with Crippen LogP contribution in [0.15, 0.2) is 47.4 Å². The highest BCUT2D eigenvalue weighted by Crippen LogP contribution is 2.34. The SMILES string of the molecule is CC(C)(C)NS(=O)(=O)c1cccc(-c2cc(C(=O)O)cc(C(F)(F)F)c2)c1. The van der Waals surface area contributed by atoms with Crippen molar-refractivity contribution in [3.8, 4) is 11.1 Å². The summed E-state index contributed by atoms with van der Waals surface area (Å²) in [5, 5.41) is 9.08. The van der Waals surface area contributed by atoms with Crippen molar-refractivity contribution in [2.45, 2.75) is 37.4 Å². The minimum absolute atomic E-state index is 0.0463. The van der Waals surface area contributed by atoms with Crippen LogP contribution in [-0.2, 0) is 16.2 Å². The van der Waals surface area contributed by atoms with Crippen LogP contribution in [0.25, 0.3) is 11.1 Å². The molecule has 146 valence electrons. The molecule has 0 atom stereocenters. The highest BCUT2D eigenvalue weighted by molar-refractivity contribution is 7.89. The smallest absolute Gasteiger partial charge is 0.416 e. The lowest BCUT2D eigenvalue weighted by atomic mass is 9.99. The first-order chi connectivity index (χ1) is 12.2. The van der Waals surface area contributed by atoms with Gasteiger partial charge in [0.25, 0.3) is 0 Å². The number of aromatic carboxylic acids is 1. The molecule has 5 nitrogen and oxygen atoms in total. The Kier molecular flexibility index (Phi) is 5.40. The van der Waals surface area contributed by atoms with E-state index in [4.69, 9.17) is 5.11 Å². The van der Waals surface area contributed by atoms with Crippen LogP contribution in [0, 0.1) is 0 Å². The van der Waals surface area contributed by atoms with Gasteiger partial charge in [-0.3, -0.25) is 0 Å². The topological polar surface area (TPSA) is 83.5 Å². The number of hydrogen-bond donors (Lipinski definition) is 2. The van der Waals surface area contributed by atoms with Gasteiger partial charge in [0.05, 0.1) is 16.0 Å². The summed E-state index contributed by atoms with van der Waals surface area (Å²) in [5.41, 5.74) is -2.31. The Labute approximate surface area is 154 Å². The number of rotatable bonds is 4. The van der Waals surface area contributed by atoms with Crippen molar-refractivity contribution in [2.24, 2.45) is 0 Å². The van der Waals surface area contributed by atoms with Gasteiger partial charge in [-0.25, -0.2) is 17.9 Å². The molecule has 0 aliphatic rings. The summed E-state index contributed by atoms with van der Waals surface area (Å²) in [7, 11) is -3.90. The molecule has 0 saturated heterocycles. The predicted octanol–water partition coefficient (Wildman–Crippen LogP) is 4.15. The lowest BCUT2D eigenvalue weighted by Crippen LogP contribution is -2.40. The standard InChI is InChI=1S/C18H18F3NO4S/c1-17(2,3)22-27(25,26)15-6-4-5-11(10-15)12-7-13(16(23)24)9-14(8-12)18(19,20)21/h4-10,22H,1-3H3,(H,23,24). The Morgan fingerprint density at radius 3 is 2.15 bits per heavy atom. The van der Waals surface area contributed by atoms with Gasteiger partial charge >= 0.3 is 12.1 Å². The van der Waals surface area contributed by atoms with Crippen molar-refractivity contribution in [2.75, 3.05) is 0 Å². The molecule has 2 N–H and O–H groups in total. The number of hydrogen-bond acceptors (Lipinski definition) is 3. The molecule has 0 amide bonds. The van der Waals surface area contributed by atoms with Crippen molar-refractivity contribution in [1.82, 2.24) is 4.72 Å². The molecule has 2 aromatic carbocycles. The first-order valence-electron chi connectivity index (χ1n) is 7.79. The van der Waals surface area contributed by atoms with Crippen molar-refractivity contribution < 1.29 is 31.5 Å². The second-order valence-corrected chi connectivity index (χ2v) is 8.67. The van der Waals surface area contributed by atoms with E-state index in [0.29, 0.717) is 6.07 Å². The summed E-state index contributed by atoms with van der Waals surface area (Å²) in [4.78, 5) is 11.0. The van der Waals surface area contributed by atoms with Gasteiger partial charge in [-0.15, -0.1) is 0 Å². The number of carbonyl (C=O) groups is 1. The van der Waals surface area contributed by atoms with E-state index in [9.17, 15) is 26.4 Å².